The third-order valence-corrected chi connectivity index (χ3v) is 4.02. The SMILES string of the molecule is CCC(c1ccc(F)cc1)c1nc2ccccc2n(C)c1=O. The fourth-order valence-electron chi connectivity index (χ4n) is 2.81. The summed E-state index contributed by atoms with van der Waals surface area (Å²) in [6.07, 6.45) is 0.728. The smallest absolute Gasteiger partial charge is 0.273 e. The summed E-state index contributed by atoms with van der Waals surface area (Å²) in [7, 11) is 1.76. The highest BCUT2D eigenvalue weighted by Gasteiger charge is 2.19. The van der Waals surface area contributed by atoms with Gasteiger partial charge < -0.3 is 4.57 Å². The molecule has 22 heavy (non-hydrogen) atoms. The maximum absolute atomic E-state index is 13.1. The minimum absolute atomic E-state index is 0.102. The molecule has 1 heterocycles. The number of hydrogen-bond donors (Lipinski definition) is 0. The first kappa shape index (κ1) is 14.4. The Morgan fingerprint density at radius 3 is 2.50 bits per heavy atom. The van der Waals surface area contributed by atoms with Crippen molar-refractivity contribution in [1.29, 1.82) is 0 Å². The lowest BCUT2D eigenvalue weighted by Crippen LogP contribution is -2.25. The van der Waals surface area contributed by atoms with Gasteiger partial charge in [-0.2, -0.15) is 0 Å². The van der Waals surface area contributed by atoms with E-state index in [0.717, 1.165) is 23.0 Å². The van der Waals surface area contributed by atoms with E-state index in [4.69, 9.17) is 0 Å². The lowest BCUT2D eigenvalue weighted by atomic mass is 9.93. The molecule has 1 aromatic heterocycles. The van der Waals surface area contributed by atoms with Crippen molar-refractivity contribution in [1.82, 2.24) is 9.55 Å². The van der Waals surface area contributed by atoms with Crippen LogP contribution < -0.4 is 5.56 Å². The Morgan fingerprint density at radius 2 is 1.82 bits per heavy atom. The first-order chi connectivity index (χ1) is 10.6. The lowest BCUT2D eigenvalue weighted by Gasteiger charge is -2.16. The molecule has 3 aromatic rings. The van der Waals surface area contributed by atoms with E-state index in [2.05, 4.69) is 4.98 Å². The summed E-state index contributed by atoms with van der Waals surface area (Å²) >= 11 is 0. The molecule has 3 nitrogen and oxygen atoms in total. The summed E-state index contributed by atoms with van der Waals surface area (Å²) in [6, 6.07) is 13.9. The van der Waals surface area contributed by atoms with Crippen molar-refractivity contribution in [3.05, 3.63) is 76.0 Å². The van der Waals surface area contributed by atoms with Gasteiger partial charge in [-0.25, -0.2) is 9.37 Å². The van der Waals surface area contributed by atoms with Crippen molar-refractivity contribution in [2.75, 3.05) is 0 Å². The Bertz CT molecular complexity index is 868. The summed E-state index contributed by atoms with van der Waals surface area (Å²) < 4.78 is 14.8. The van der Waals surface area contributed by atoms with Crippen LogP contribution in [0.1, 0.15) is 30.5 Å². The van der Waals surface area contributed by atoms with Gasteiger partial charge in [-0.05, 0) is 36.2 Å². The molecule has 0 aliphatic heterocycles. The van der Waals surface area contributed by atoms with Crippen molar-refractivity contribution < 1.29 is 4.39 Å². The molecule has 0 saturated carbocycles. The highest BCUT2D eigenvalue weighted by Crippen LogP contribution is 2.25. The van der Waals surface area contributed by atoms with Crippen molar-refractivity contribution in [2.24, 2.45) is 7.05 Å². The quantitative estimate of drug-likeness (QED) is 0.740. The molecule has 2 aromatic carbocycles. The van der Waals surface area contributed by atoms with E-state index in [0.29, 0.717) is 5.69 Å². The molecule has 112 valence electrons. The Kier molecular flexibility index (Phi) is 3.75. The molecular weight excluding hydrogens is 279 g/mol. The molecule has 0 N–H and O–H groups in total. The van der Waals surface area contributed by atoms with Crippen LogP contribution in [0.4, 0.5) is 4.39 Å². The molecule has 0 fully saturated rings. The summed E-state index contributed by atoms with van der Waals surface area (Å²) in [6.45, 7) is 2.00. The highest BCUT2D eigenvalue weighted by atomic mass is 19.1. The second kappa shape index (κ2) is 5.72. The summed E-state index contributed by atoms with van der Waals surface area (Å²) in [5.74, 6) is -0.415. The van der Waals surface area contributed by atoms with Crippen LogP contribution in [-0.2, 0) is 7.05 Å². The Balaban J connectivity index is 2.21. The largest absolute Gasteiger partial charge is 0.308 e. The average Bonchev–Trinajstić information content (AvgIpc) is 2.54. The first-order valence-electron chi connectivity index (χ1n) is 7.33. The van der Waals surface area contributed by atoms with Gasteiger partial charge in [0.1, 0.15) is 11.5 Å². The predicted octanol–water partition coefficient (Wildman–Crippen LogP) is 3.61. The number of para-hydroxylation sites is 2. The number of fused-ring (bicyclic) bond motifs is 1. The zero-order valence-electron chi connectivity index (χ0n) is 12.6. The Morgan fingerprint density at radius 1 is 1.14 bits per heavy atom. The van der Waals surface area contributed by atoms with Crippen LogP contribution in [-0.4, -0.2) is 9.55 Å². The monoisotopic (exact) mass is 296 g/mol. The number of rotatable bonds is 3. The number of benzene rings is 2. The van der Waals surface area contributed by atoms with Gasteiger partial charge in [0.05, 0.1) is 11.0 Å². The maximum Gasteiger partial charge on any atom is 0.273 e. The van der Waals surface area contributed by atoms with Crippen molar-refractivity contribution in [2.45, 2.75) is 19.3 Å². The van der Waals surface area contributed by atoms with E-state index in [1.165, 1.54) is 12.1 Å². The standard InChI is InChI=1S/C18H17FN2O/c1-3-14(12-8-10-13(19)11-9-12)17-18(22)21(2)16-7-5-4-6-15(16)20-17/h4-11,14H,3H2,1-2H3. The molecule has 1 unspecified atom stereocenters. The average molecular weight is 296 g/mol. The Labute approximate surface area is 128 Å². The van der Waals surface area contributed by atoms with Crippen LogP contribution in [0.25, 0.3) is 11.0 Å². The van der Waals surface area contributed by atoms with Gasteiger partial charge >= 0.3 is 0 Å². The fraction of sp³-hybridized carbons (Fsp3) is 0.222. The maximum atomic E-state index is 13.1. The van der Waals surface area contributed by atoms with Gasteiger partial charge in [0.25, 0.3) is 5.56 Å². The highest BCUT2D eigenvalue weighted by molar-refractivity contribution is 5.74. The van der Waals surface area contributed by atoms with E-state index in [9.17, 15) is 9.18 Å². The minimum Gasteiger partial charge on any atom is -0.308 e. The van der Waals surface area contributed by atoms with E-state index in [1.54, 1.807) is 23.7 Å². The van der Waals surface area contributed by atoms with E-state index in [-0.39, 0.29) is 17.3 Å². The van der Waals surface area contributed by atoms with Crippen LogP contribution in [0.3, 0.4) is 0 Å². The first-order valence-corrected chi connectivity index (χ1v) is 7.33. The van der Waals surface area contributed by atoms with Gasteiger partial charge in [0, 0.05) is 13.0 Å². The number of nitrogens with zero attached hydrogens (tertiary/aromatic N) is 2. The molecule has 0 amide bonds. The molecule has 0 radical (unpaired) electrons. The molecule has 0 aliphatic carbocycles. The summed E-state index contributed by atoms with van der Waals surface area (Å²) in [5, 5.41) is 0. The minimum atomic E-state index is -0.280. The molecular formula is C18H17FN2O. The van der Waals surface area contributed by atoms with Crippen LogP contribution in [0, 0.1) is 5.82 Å². The van der Waals surface area contributed by atoms with Crippen LogP contribution in [0.2, 0.25) is 0 Å². The molecule has 0 aliphatic rings. The fourth-order valence-corrected chi connectivity index (χ4v) is 2.81. The molecule has 1 atom stereocenters. The van der Waals surface area contributed by atoms with Gasteiger partial charge in [-0.15, -0.1) is 0 Å². The summed E-state index contributed by atoms with van der Waals surface area (Å²) in [4.78, 5) is 17.2. The summed E-state index contributed by atoms with van der Waals surface area (Å²) in [5.41, 5.74) is 2.92. The van der Waals surface area contributed by atoms with Crippen LogP contribution >= 0.6 is 0 Å². The van der Waals surface area contributed by atoms with Gasteiger partial charge in [-0.3, -0.25) is 4.79 Å². The van der Waals surface area contributed by atoms with E-state index in [1.807, 2.05) is 31.2 Å². The normalized spacial score (nSPS) is 12.5. The number of aromatic nitrogens is 2. The van der Waals surface area contributed by atoms with Crippen molar-refractivity contribution >= 4 is 11.0 Å². The third-order valence-electron chi connectivity index (χ3n) is 4.02. The van der Waals surface area contributed by atoms with Crippen molar-refractivity contribution in [3.8, 4) is 0 Å². The van der Waals surface area contributed by atoms with E-state index >= 15 is 0 Å². The molecule has 0 spiro atoms. The number of aryl methyl sites for hydroxylation is 1. The van der Waals surface area contributed by atoms with Gasteiger partial charge in [-0.1, -0.05) is 31.2 Å². The van der Waals surface area contributed by atoms with Gasteiger partial charge in [0.2, 0.25) is 0 Å². The third kappa shape index (κ3) is 2.41. The number of hydrogen-bond acceptors (Lipinski definition) is 2. The van der Waals surface area contributed by atoms with Crippen LogP contribution in [0.15, 0.2) is 53.3 Å². The topological polar surface area (TPSA) is 34.9 Å². The molecule has 4 heteroatoms. The zero-order chi connectivity index (χ0) is 15.7. The van der Waals surface area contributed by atoms with Crippen LogP contribution in [0.5, 0.6) is 0 Å². The number of halogens is 1. The molecule has 0 bridgehead atoms. The lowest BCUT2D eigenvalue weighted by molar-refractivity contribution is 0.625. The van der Waals surface area contributed by atoms with E-state index < -0.39 is 0 Å². The zero-order valence-corrected chi connectivity index (χ0v) is 12.6. The predicted molar refractivity (Wildman–Crippen MR) is 85.5 cm³/mol. The van der Waals surface area contributed by atoms with Crippen molar-refractivity contribution in [3.63, 3.8) is 0 Å². The molecule has 0 saturated heterocycles. The van der Waals surface area contributed by atoms with Gasteiger partial charge in [0.15, 0.2) is 0 Å². The Hall–Kier alpha value is -2.49. The molecule has 3 rings (SSSR count). The second-order valence-corrected chi connectivity index (χ2v) is 5.36. The second-order valence-electron chi connectivity index (χ2n) is 5.36.